The fraction of sp³-hybridized carbons (Fsp3) is 0.333. The van der Waals surface area contributed by atoms with Crippen molar-refractivity contribution in [1.82, 2.24) is 0 Å². The second-order valence-corrected chi connectivity index (χ2v) is 3.73. The van der Waals surface area contributed by atoms with Gasteiger partial charge in [0.15, 0.2) is 5.78 Å². The first-order valence-electron chi connectivity index (χ1n) is 5.09. The van der Waals surface area contributed by atoms with Gasteiger partial charge in [-0.1, -0.05) is 6.08 Å². The molecule has 5 heteroatoms. The Labute approximate surface area is 98.6 Å². The Hall–Kier alpha value is -2.06. The highest BCUT2D eigenvalue weighted by molar-refractivity contribution is 5.98. The van der Waals surface area contributed by atoms with E-state index in [1.807, 2.05) is 0 Å². The van der Waals surface area contributed by atoms with Gasteiger partial charge in [-0.3, -0.25) is 4.79 Å². The van der Waals surface area contributed by atoms with Crippen LogP contribution in [0.25, 0.3) is 0 Å². The van der Waals surface area contributed by atoms with E-state index in [0.29, 0.717) is 5.57 Å². The Bertz CT molecular complexity index is 465. The van der Waals surface area contributed by atoms with Crippen molar-refractivity contribution in [3.05, 3.63) is 34.8 Å². The standard InChI is InChI=1S/C12H13NO4/c1-7(14)9(6-13)12(17)8-2-4-10(15)11(16)5-3-8/h2,4,11,15-17H,3,5H2,1H3/b12-9-. The fourth-order valence-corrected chi connectivity index (χ4v) is 1.48. The van der Waals surface area contributed by atoms with Gasteiger partial charge in [0.1, 0.15) is 29.3 Å². The van der Waals surface area contributed by atoms with Crippen LogP contribution in [0.5, 0.6) is 0 Å². The fourth-order valence-electron chi connectivity index (χ4n) is 1.48. The molecule has 0 bridgehead atoms. The monoisotopic (exact) mass is 235 g/mol. The Morgan fingerprint density at radius 2 is 2.18 bits per heavy atom. The van der Waals surface area contributed by atoms with Gasteiger partial charge in [-0.2, -0.15) is 5.26 Å². The summed E-state index contributed by atoms with van der Waals surface area (Å²) in [5.41, 5.74) is 0.0281. The highest BCUT2D eigenvalue weighted by Gasteiger charge is 2.19. The summed E-state index contributed by atoms with van der Waals surface area (Å²) < 4.78 is 0. The number of Topliss-reactive ketones (excluding diaryl/α,β-unsaturated/α-hetero) is 1. The van der Waals surface area contributed by atoms with E-state index >= 15 is 0 Å². The molecular weight excluding hydrogens is 222 g/mol. The third-order valence-corrected chi connectivity index (χ3v) is 2.49. The molecule has 17 heavy (non-hydrogen) atoms. The second-order valence-electron chi connectivity index (χ2n) is 3.73. The van der Waals surface area contributed by atoms with Crippen LogP contribution < -0.4 is 0 Å². The average molecular weight is 235 g/mol. The number of carbonyl (C=O) groups is 1. The van der Waals surface area contributed by atoms with E-state index in [-0.39, 0.29) is 24.2 Å². The van der Waals surface area contributed by atoms with Crippen LogP contribution in [0.1, 0.15) is 19.8 Å². The van der Waals surface area contributed by atoms with E-state index in [4.69, 9.17) is 5.26 Å². The van der Waals surface area contributed by atoms with Gasteiger partial charge in [-0.15, -0.1) is 0 Å². The van der Waals surface area contributed by atoms with Gasteiger partial charge in [0.25, 0.3) is 0 Å². The average Bonchev–Trinajstić information content (AvgIpc) is 2.43. The van der Waals surface area contributed by atoms with Crippen molar-refractivity contribution in [3.8, 4) is 6.07 Å². The summed E-state index contributed by atoms with van der Waals surface area (Å²) in [7, 11) is 0. The number of nitriles is 1. The van der Waals surface area contributed by atoms with Gasteiger partial charge in [0.05, 0.1) is 0 Å². The Morgan fingerprint density at radius 3 is 2.71 bits per heavy atom. The first-order chi connectivity index (χ1) is 7.97. The lowest BCUT2D eigenvalue weighted by Gasteiger charge is -2.08. The number of rotatable bonds is 2. The molecule has 1 aliphatic rings. The number of allylic oxidation sites excluding steroid dienone is 4. The zero-order valence-corrected chi connectivity index (χ0v) is 9.34. The summed E-state index contributed by atoms with van der Waals surface area (Å²) in [5.74, 6) is -1.11. The number of aliphatic hydroxyl groups excluding tert-OH is 3. The first kappa shape index (κ1) is 13.0. The predicted molar refractivity (Wildman–Crippen MR) is 60.0 cm³/mol. The maximum atomic E-state index is 11.1. The molecule has 0 amide bonds. The predicted octanol–water partition coefficient (Wildman–Crippen LogP) is 1.43. The van der Waals surface area contributed by atoms with Crippen molar-refractivity contribution in [1.29, 1.82) is 5.26 Å². The molecule has 0 fully saturated rings. The van der Waals surface area contributed by atoms with Crippen LogP contribution in [0.3, 0.4) is 0 Å². The van der Waals surface area contributed by atoms with Gasteiger partial charge in [-0.05, 0) is 24.5 Å². The smallest absolute Gasteiger partial charge is 0.174 e. The molecule has 3 N–H and O–H groups in total. The zero-order chi connectivity index (χ0) is 13.0. The summed E-state index contributed by atoms with van der Waals surface area (Å²) in [5, 5.41) is 37.2. The van der Waals surface area contributed by atoms with Gasteiger partial charge in [-0.25, -0.2) is 0 Å². The Morgan fingerprint density at radius 1 is 1.53 bits per heavy atom. The Kier molecular flexibility index (Phi) is 4.07. The minimum absolute atomic E-state index is 0.200. The molecule has 0 aromatic rings. The summed E-state index contributed by atoms with van der Waals surface area (Å²) in [4.78, 5) is 11.1. The number of hydrogen-bond acceptors (Lipinski definition) is 5. The van der Waals surface area contributed by atoms with Crippen molar-refractivity contribution in [2.24, 2.45) is 0 Å². The van der Waals surface area contributed by atoms with Crippen molar-refractivity contribution in [2.45, 2.75) is 25.9 Å². The molecule has 1 aliphatic carbocycles. The van der Waals surface area contributed by atoms with Crippen LogP contribution >= 0.6 is 0 Å². The minimum atomic E-state index is -0.987. The molecule has 1 unspecified atom stereocenters. The third-order valence-electron chi connectivity index (χ3n) is 2.49. The van der Waals surface area contributed by atoms with Crippen molar-refractivity contribution in [3.63, 3.8) is 0 Å². The molecule has 0 aromatic heterocycles. The van der Waals surface area contributed by atoms with Crippen LogP contribution in [0.2, 0.25) is 0 Å². The van der Waals surface area contributed by atoms with Gasteiger partial charge >= 0.3 is 0 Å². The van der Waals surface area contributed by atoms with Crippen molar-refractivity contribution < 1.29 is 20.1 Å². The van der Waals surface area contributed by atoms with Crippen LogP contribution in [0.4, 0.5) is 0 Å². The molecule has 0 radical (unpaired) electrons. The minimum Gasteiger partial charge on any atom is -0.510 e. The molecular formula is C12H13NO4. The summed E-state index contributed by atoms with van der Waals surface area (Å²) in [6.07, 6.45) is 2.14. The zero-order valence-electron chi connectivity index (χ0n) is 9.34. The molecule has 90 valence electrons. The molecule has 0 heterocycles. The van der Waals surface area contributed by atoms with E-state index in [0.717, 1.165) is 0 Å². The molecule has 0 aliphatic heterocycles. The van der Waals surface area contributed by atoms with Gasteiger partial charge < -0.3 is 15.3 Å². The lowest BCUT2D eigenvalue weighted by molar-refractivity contribution is -0.113. The topological polar surface area (TPSA) is 102 Å². The molecule has 5 nitrogen and oxygen atoms in total. The summed E-state index contributed by atoms with van der Waals surface area (Å²) in [6, 6.07) is 1.63. The number of hydrogen-bond donors (Lipinski definition) is 3. The SMILES string of the molecule is CC(=O)/C(C#N)=C(\O)C1=CC=C(O)C(O)CC1. The quantitative estimate of drug-likeness (QED) is 0.382. The van der Waals surface area contributed by atoms with E-state index in [9.17, 15) is 20.1 Å². The van der Waals surface area contributed by atoms with Crippen LogP contribution in [0.15, 0.2) is 34.8 Å². The molecule has 0 spiro atoms. The maximum absolute atomic E-state index is 11.1. The number of ketones is 1. The largest absolute Gasteiger partial charge is 0.510 e. The van der Waals surface area contributed by atoms with Crippen molar-refractivity contribution >= 4 is 5.78 Å². The lowest BCUT2D eigenvalue weighted by atomic mass is 10.0. The second kappa shape index (κ2) is 5.32. The first-order valence-corrected chi connectivity index (χ1v) is 5.09. The van der Waals surface area contributed by atoms with Crippen LogP contribution in [-0.4, -0.2) is 27.2 Å². The van der Waals surface area contributed by atoms with E-state index in [1.54, 1.807) is 6.07 Å². The molecule has 1 atom stereocenters. The highest BCUT2D eigenvalue weighted by Crippen LogP contribution is 2.23. The van der Waals surface area contributed by atoms with E-state index < -0.39 is 17.6 Å². The lowest BCUT2D eigenvalue weighted by Crippen LogP contribution is -2.09. The van der Waals surface area contributed by atoms with E-state index in [1.165, 1.54) is 19.1 Å². The number of aliphatic hydroxyl groups is 3. The van der Waals surface area contributed by atoms with Crippen molar-refractivity contribution in [2.75, 3.05) is 0 Å². The molecule has 1 rings (SSSR count). The van der Waals surface area contributed by atoms with Gasteiger partial charge in [0.2, 0.25) is 0 Å². The number of nitrogens with zero attached hydrogens (tertiary/aromatic N) is 1. The molecule has 0 saturated carbocycles. The number of carbonyl (C=O) groups excluding carboxylic acids is 1. The van der Waals surface area contributed by atoms with Crippen LogP contribution in [0, 0.1) is 11.3 Å². The summed E-state index contributed by atoms with van der Waals surface area (Å²) in [6.45, 7) is 1.19. The molecule has 0 aromatic carbocycles. The van der Waals surface area contributed by atoms with Gasteiger partial charge in [0, 0.05) is 6.92 Å². The third kappa shape index (κ3) is 2.95. The normalized spacial score (nSPS) is 21.6. The highest BCUT2D eigenvalue weighted by atomic mass is 16.3. The van der Waals surface area contributed by atoms with E-state index in [2.05, 4.69) is 0 Å². The Balaban J connectivity index is 3.11. The molecule has 0 saturated heterocycles. The van der Waals surface area contributed by atoms with Crippen LogP contribution in [-0.2, 0) is 4.79 Å². The maximum Gasteiger partial charge on any atom is 0.174 e. The summed E-state index contributed by atoms with van der Waals surface area (Å²) >= 11 is 0.